The third-order valence-electron chi connectivity index (χ3n) is 6.48. The van der Waals surface area contributed by atoms with Crippen LogP contribution in [-0.2, 0) is 13.0 Å². The highest BCUT2D eigenvalue weighted by Gasteiger charge is 2.21. The third kappa shape index (κ3) is 5.69. The first kappa shape index (κ1) is 24.0. The molecular formula is C27H30ClFN4O. The van der Waals surface area contributed by atoms with Gasteiger partial charge in [-0.2, -0.15) is 0 Å². The van der Waals surface area contributed by atoms with Crippen LogP contribution in [0.1, 0.15) is 24.0 Å². The number of likely N-dealkylation sites (tertiary alicyclic amines) is 1. The molecule has 0 aliphatic carbocycles. The molecule has 1 fully saturated rings. The van der Waals surface area contributed by atoms with Crippen LogP contribution >= 0.6 is 12.4 Å². The third-order valence-corrected chi connectivity index (χ3v) is 6.48. The van der Waals surface area contributed by atoms with E-state index in [0.717, 1.165) is 61.4 Å². The van der Waals surface area contributed by atoms with Gasteiger partial charge in [0, 0.05) is 25.7 Å². The summed E-state index contributed by atoms with van der Waals surface area (Å²) in [5.74, 6) is 0.976. The summed E-state index contributed by atoms with van der Waals surface area (Å²) in [5.41, 5.74) is 4.35. The molecule has 1 aliphatic heterocycles. The number of aromatic nitrogens is 2. The number of rotatable bonds is 7. The summed E-state index contributed by atoms with van der Waals surface area (Å²) < 4.78 is 15.6. The number of halogens is 2. The molecule has 5 rings (SSSR count). The van der Waals surface area contributed by atoms with Crippen molar-refractivity contribution in [1.29, 1.82) is 0 Å². The summed E-state index contributed by atoms with van der Waals surface area (Å²) >= 11 is 0. The van der Waals surface area contributed by atoms with Crippen LogP contribution < -0.4 is 5.32 Å². The van der Waals surface area contributed by atoms with Gasteiger partial charge in [-0.05, 0) is 66.8 Å². The lowest BCUT2D eigenvalue weighted by molar-refractivity contribution is 0.221. The van der Waals surface area contributed by atoms with E-state index in [1.54, 1.807) is 12.1 Å². The standard InChI is InChI=1S/C27H29FN4O.ClH/c28-22-9-5-21(6-10-22)19-32-26-4-2-1-3-25(26)30-27(32)29-23-14-17-31(18-15-23)16-13-20-7-11-24(33)12-8-20;/h1-12,23,33H,13-19H2,(H,29,30);1H. The number of phenols is 1. The molecule has 1 aromatic heterocycles. The molecule has 0 saturated carbocycles. The topological polar surface area (TPSA) is 53.3 Å². The van der Waals surface area contributed by atoms with Crippen molar-refractivity contribution < 1.29 is 9.50 Å². The first-order valence-corrected chi connectivity index (χ1v) is 11.6. The first-order chi connectivity index (χ1) is 16.1. The van der Waals surface area contributed by atoms with E-state index >= 15 is 0 Å². The van der Waals surface area contributed by atoms with Gasteiger partial charge in [-0.1, -0.05) is 36.4 Å². The Balaban J connectivity index is 0.00000274. The van der Waals surface area contributed by atoms with Crippen LogP contribution in [0.4, 0.5) is 10.3 Å². The maximum absolute atomic E-state index is 13.4. The lowest BCUT2D eigenvalue weighted by atomic mass is 10.0. The Kier molecular flexibility index (Phi) is 7.70. The van der Waals surface area contributed by atoms with E-state index in [9.17, 15) is 9.50 Å². The predicted molar refractivity (Wildman–Crippen MR) is 137 cm³/mol. The van der Waals surface area contributed by atoms with Crippen molar-refractivity contribution >= 4 is 29.4 Å². The molecular weight excluding hydrogens is 451 g/mol. The minimum absolute atomic E-state index is 0. The zero-order valence-corrected chi connectivity index (χ0v) is 19.8. The Labute approximate surface area is 205 Å². The zero-order chi connectivity index (χ0) is 22.6. The Morgan fingerprint density at radius 1 is 0.912 bits per heavy atom. The second-order valence-corrected chi connectivity index (χ2v) is 8.81. The Hall–Kier alpha value is -3.09. The quantitative estimate of drug-likeness (QED) is 0.368. The number of nitrogens with one attached hydrogen (secondary N) is 1. The van der Waals surface area contributed by atoms with Crippen molar-refractivity contribution in [2.24, 2.45) is 0 Å². The minimum atomic E-state index is -0.218. The van der Waals surface area contributed by atoms with E-state index in [1.165, 1.54) is 17.7 Å². The molecule has 2 heterocycles. The van der Waals surface area contributed by atoms with E-state index < -0.39 is 0 Å². The van der Waals surface area contributed by atoms with Crippen LogP contribution in [0.25, 0.3) is 11.0 Å². The van der Waals surface area contributed by atoms with Crippen molar-refractivity contribution in [3.05, 3.63) is 89.7 Å². The monoisotopic (exact) mass is 480 g/mol. The summed E-state index contributed by atoms with van der Waals surface area (Å²) in [6, 6.07) is 22.7. The fourth-order valence-electron chi connectivity index (χ4n) is 4.55. The number of anilines is 1. The number of imidazole rings is 1. The number of benzene rings is 3. The summed E-state index contributed by atoms with van der Waals surface area (Å²) in [7, 11) is 0. The summed E-state index contributed by atoms with van der Waals surface area (Å²) in [4.78, 5) is 7.37. The second-order valence-electron chi connectivity index (χ2n) is 8.81. The highest BCUT2D eigenvalue weighted by Crippen LogP contribution is 2.24. The van der Waals surface area contributed by atoms with E-state index in [1.807, 2.05) is 42.5 Å². The number of aromatic hydroxyl groups is 1. The average Bonchev–Trinajstić information content (AvgIpc) is 3.18. The molecule has 34 heavy (non-hydrogen) atoms. The average molecular weight is 481 g/mol. The van der Waals surface area contributed by atoms with Crippen molar-refractivity contribution in [2.45, 2.75) is 31.8 Å². The van der Waals surface area contributed by atoms with Gasteiger partial charge in [0.25, 0.3) is 0 Å². The van der Waals surface area contributed by atoms with Gasteiger partial charge < -0.3 is 19.9 Å². The summed E-state index contributed by atoms with van der Waals surface area (Å²) in [5, 5.41) is 13.1. The molecule has 3 aromatic carbocycles. The largest absolute Gasteiger partial charge is 0.508 e. The van der Waals surface area contributed by atoms with Crippen LogP contribution in [0.5, 0.6) is 5.75 Å². The van der Waals surface area contributed by atoms with Crippen LogP contribution in [0, 0.1) is 5.82 Å². The predicted octanol–water partition coefficient (Wildman–Crippen LogP) is 5.47. The molecule has 5 nitrogen and oxygen atoms in total. The highest BCUT2D eigenvalue weighted by molar-refractivity contribution is 5.85. The Morgan fingerprint density at radius 2 is 1.59 bits per heavy atom. The number of hydrogen-bond donors (Lipinski definition) is 2. The molecule has 4 aromatic rings. The molecule has 7 heteroatoms. The molecule has 1 saturated heterocycles. The van der Waals surface area contributed by atoms with Crippen LogP contribution in [0.2, 0.25) is 0 Å². The van der Waals surface area contributed by atoms with E-state index in [2.05, 4.69) is 20.9 Å². The van der Waals surface area contributed by atoms with Crippen molar-refractivity contribution in [3.63, 3.8) is 0 Å². The fourth-order valence-corrected chi connectivity index (χ4v) is 4.55. The molecule has 0 radical (unpaired) electrons. The lowest BCUT2D eigenvalue weighted by Gasteiger charge is -2.32. The van der Waals surface area contributed by atoms with Gasteiger partial charge >= 0.3 is 0 Å². The normalized spacial score (nSPS) is 14.7. The number of para-hydroxylation sites is 2. The molecule has 0 amide bonds. The maximum Gasteiger partial charge on any atom is 0.204 e. The van der Waals surface area contributed by atoms with Gasteiger partial charge in [0.15, 0.2) is 0 Å². The SMILES string of the molecule is Cl.Oc1ccc(CCN2CCC(Nc3nc4ccccc4n3Cc3ccc(F)cc3)CC2)cc1. The van der Waals surface area contributed by atoms with E-state index in [-0.39, 0.29) is 18.2 Å². The smallest absolute Gasteiger partial charge is 0.204 e. The molecule has 0 atom stereocenters. The fraction of sp³-hybridized carbons (Fsp3) is 0.296. The van der Waals surface area contributed by atoms with Gasteiger partial charge in [-0.3, -0.25) is 0 Å². The molecule has 178 valence electrons. The molecule has 2 N–H and O–H groups in total. The van der Waals surface area contributed by atoms with Crippen molar-refractivity contribution in [2.75, 3.05) is 25.0 Å². The number of piperidine rings is 1. The Morgan fingerprint density at radius 3 is 2.32 bits per heavy atom. The van der Waals surface area contributed by atoms with Crippen molar-refractivity contribution in [3.8, 4) is 5.75 Å². The Bertz CT molecular complexity index is 1200. The van der Waals surface area contributed by atoms with E-state index in [4.69, 9.17) is 4.98 Å². The van der Waals surface area contributed by atoms with Gasteiger partial charge in [-0.15, -0.1) is 12.4 Å². The molecule has 0 bridgehead atoms. The number of phenolic OH excluding ortho intramolecular Hbond substituents is 1. The van der Waals surface area contributed by atoms with Crippen LogP contribution in [0.15, 0.2) is 72.8 Å². The van der Waals surface area contributed by atoms with Gasteiger partial charge in [0.05, 0.1) is 17.6 Å². The number of hydrogen-bond acceptors (Lipinski definition) is 4. The van der Waals surface area contributed by atoms with Crippen LogP contribution in [0.3, 0.4) is 0 Å². The zero-order valence-electron chi connectivity index (χ0n) is 19.0. The van der Waals surface area contributed by atoms with Gasteiger partial charge in [0.2, 0.25) is 5.95 Å². The van der Waals surface area contributed by atoms with Crippen molar-refractivity contribution in [1.82, 2.24) is 14.5 Å². The van der Waals surface area contributed by atoms with Gasteiger partial charge in [-0.25, -0.2) is 9.37 Å². The highest BCUT2D eigenvalue weighted by atomic mass is 35.5. The first-order valence-electron chi connectivity index (χ1n) is 11.6. The molecule has 0 unspecified atom stereocenters. The molecule has 1 aliphatic rings. The summed E-state index contributed by atoms with van der Waals surface area (Å²) in [6.07, 6.45) is 3.12. The number of fused-ring (bicyclic) bond motifs is 1. The van der Waals surface area contributed by atoms with E-state index in [0.29, 0.717) is 18.3 Å². The minimum Gasteiger partial charge on any atom is -0.508 e. The summed E-state index contributed by atoms with van der Waals surface area (Å²) in [6.45, 7) is 3.77. The second kappa shape index (κ2) is 10.9. The lowest BCUT2D eigenvalue weighted by Crippen LogP contribution is -2.40. The number of nitrogens with zero attached hydrogens (tertiary/aromatic N) is 3. The van der Waals surface area contributed by atoms with Gasteiger partial charge in [0.1, 0.15) is 11.6 Å². The maximum atomic E-state index is 13.4. The van der Waals surface area contributed by atoms with Crippen LogP contribution in [-0.4, -0.2) is 45.2 Å². The molecule has 0 spiro atoms.